The fourth-order valence-electron chi connectivity index (χ4n) is 2.71. The molecule has 1 aliphatic rings. The Balaban J connectivity index is 2.03. The Labute approximate surface area is 113 Å². The average molecular weight is 257 g/mol. The van der Waals surface area contributed by atoms with Gasteiger partial charge in [0.2, 0.25) is 0 Å². The van der Waals surface area contributed by atoms with E-state index in [4.69, 9.17) is 10.5 Å². The van der Waals surface area contributed by atoms with Crippen molar-refractivity contribution in [3.05, 3.63) is 35.9 Å². The first-order chi connectivity index (χ1) is 9.25. The Hall–Kier alpha value is -1.65. The fourth-order valence-corrected chi connectivity index (χ4v) is 2.71. The smallest absolute Gasteiger partial charge is 0.124 e. The molecule has 0 radical (unpaired) electrons. The van der Waals surface area contributed by atoms with Gasteiger partial charge in [0.15, 0.2) is 0 Å². The molecular formula is C15H19N3O. The quantitative estimate of drug-likeness (QED) is 0.862. The summed E-state index contributed by atoms with van der Waals surface area (Å²) >= 11 is 0. The van der Waals surface area contributed by atoms with Gasteiger partial charge in [-0.1, -0.05) is 25.1 Å². The zero-order valence-corrected chi connectivity index (χ0v) is 11.1. The molecule has 3 rings (SSSR count). The van der Waals surface area contributed by atoms with E-state index in [-0.39, 0.29) is 6.10 Å². The lowest BCUT2D eigenvalue weighted by Gasteiger charge is -2.29. The van der Waals surface area contributed by atoms with Crippen molar-refractivity contribution in [1.29, 1.82) is 0 Å². The average Bonchev–Trinajstić information content (AvgIpc) is 2.46. The van der Waals surface area contributed by atoms with Crippen molar-refractivity contribution in [2.24, 2.45) is 0 Å². The Morgan fingerprint density at radius 1 is 1.42 bits per heavy atom. The predicted octanol–water partition coefficient (Wildman–Crippen LogP) is 1.91. The number of para-hydroxylation sites is 1. The van der Waals surface area contributed by atoms with Crippen molar-refractivity contribution >= 4 is 16.7 Å². The van der Waals surface area contributed by atoms with Gasteiger partial charge in [-0.3, -0.25) is 0 Å². The predicted molar refractivity (Wildman–Crippen MR) is 77.2 cm³/mol. The van der Waals surface area contributed by atoms with E-state index < -0.39 is 0 Å². The third-order valence-electron chi connectivity index (χ3n) is 3.77. The molecule has 1 fully saturated rings. The van der Waals surface area contributed by atoms with Gasteiger partial charge in [0.1, 0.15) is 5.82 Å². The Morgan fingerprint density at radius 3 is 3.05 bits per heavy atom. The van der Waals surface area contributed by atoms with Crippen molar-refractivity contribution in [3.8, 4) is 0 Å². The molecule has 1 saturated heterocycles. The van der Waals surface area contributed by atoms with Gasteiger partial charge in [-0.25, -0.2) is 4.98 Å². The lowest BCUT2D eigenvalue weighted by atomic mass is 9.91. The zero-order valence-electron chi connectivity index (χ0n) is 11.1. The van der Waals surface area contributed by atoms with Crippen molar-refractivity contribution in [2.75, 3.05) is 25.4 Å². The molecule has 1 aliphatic heterocycles. The number of morpholine rings is 1. The molecule has 1 aromatic heterocycles. The highest BCUT2D eigenvalue weighted by molar-refractivity contribution is 5.84. The molecule has 3 N–H and O–H groups in total. The summed E-state index contributed by atoms with van der Waals surface area (Å²) in [4.78, 5) is 4.39. The monoisotopic (exact) mass is 257 g/mol. The minimum Gasteiger partial charge on any atom is -0.384 e. The number of aromatic nitrogens is 1. The molecule has 0 bridgehead atoms. The summed E-state index contributed by atoms with van der Waals surface area (Å²) in [7, 11) is 0. The summed E-state index contributed by atoms with van der Waals surface area (Å²) in [5.41, 5.74) is 8.10. The van der Waals surface area contributed by atoms with Crippen LogP contribution in [-0.2, 0) is 4.74 Å². The lowest BCUT2D eigenvalue weighted by Crippen LogP contribution is -2.41. The molecular weight excluding hydrogens is 238 g/mol. The molecule has 100 valence electrons. The van der Waals surface area contributed by atoms with Crippen LogP contribution in [0.15, 0.2) is 30.3 Å². The molecule has 4 heteroatoms. The highest BCUT2D eigenvalue weighted by Crippen LogP contribution is 2.30. The number of fused-ring (bicyclic) bond motifs is 1. The molecule has 0 amide bonds. The van der Waals surface area contributed by atoms with Gasteiger partial charge < -0.3 is 15.8 Å². The molecule has 0 saturated carbocycles. The number of pyridine rings is 1. The highest BCUT2D eigenvalue weighted by atomic mass is 16.5. The minimum absolute atomic E-state index is 0.193. The largest absolute Gasteiger partial charge is 0.384 e. The topological polar surface area (TPSA) is 60.2 Å². The molecule has 4 nitrogen and oxygen atoms in total. The van der Waals surface area contributed by atoms with Crippen molar-refractivity contribution < 1.29 is 4.74 Å². The highest BCUT2D eigenvalue weighted by Gasteiger charge is 2.23. The van der Waals surface area contributed by atoms with Crippen LogP contribution >= 0.6 is 0 Å². The number of nitrogen functional groups attached to an aromatic ring is 1. The van der Waals surface area contributed by atoms with Crippen LogP contribution in [0.2, 0.25) is 0 Å². The van der Waals surface area contributed by atoms with Gasteiger partial charge >= 0.3 is 0 Å². The molecule has 0 spiro atoms. The van der Waals surface area contributed by atoms with Crippen LogP contribution in [0.1, 0.15) is 18.4 Å². The maximum atomic E-state index is 5.92. The minimum atomic E-state index is 0.193. The van der Waals surface area contributed by atoms with E-state index in [1.807, 2.05) is 24.3 Å². The molecule has 0 aliphatic carbocycles. The summed E-state index contributed by atoms with van der Waals surface area (Å²) < 4.78 is 5.86. The van der Waals surface area contributed by atoms with Gasteiger partial charge in [-0.2, -0.15) is 0 Å². The summed E-state index contributed by atoms with van der Waals surface area (Å²) in [5, 5.41) is 4.54. The first-order valence-electron chi connectivity index (χ1n) is 6.73. The van der Waals surface area contributed by atoms with Crippen LogP contribution in [0.4, 0.5) is 5.82 Å². The number of nitrogens with one attached hydrogen (secondary N) is 1. The van der Waals surface area contributed by atoms with Gasteiger partial charge in [-0.05, 0) is 17.7 Å². The standard InChI is InChI=1S/C15H19N3O/c1-10(14-9-17-6-7-19-14)12-8-15(16)18-13-5-3-2-4-11(12)13/h2-5,8,10,14,17H,6-7,9H2,1H3,(H2,16,18). The van der Waals surface area contributed by atoms with Gasteiger partial charge in [-0.15, -0.1) is 0 Å². The molecule has 2 atom stereocenters. The normalized spacial score (nSPS) is 21.4. The van der Waals surface area contributed by atoms with Crippen LogP contribution in [0.5, 0.6) is 0 Å². The lowest BCUT2D eigenvalue weighted by molar-refractivity contribution is 0.0149. The van der Waals surface area contributed by atoms with Crippen LogP contribution in [-0.4, -0.2) is 30.8 Å². The molecule has 2 heterocycles. The van der Waals surface area contributed by atoms with Crippen molar-refractivity contribution in [3.63, 3.8) is 0 Å². The van der Waals surface area contributed by atoms with Crippen molar-refractivity contribution in [1.82, 2.24) is 10.3 Å². The number of rotatable bonds is 2. The Morgan fingerprint density at radius 2 is 2.26 bits per heavy atom. The SMILES string of the molecule is CC(c1cc(N)nc2ccccc12)C1CNCCO1. The van der Waals surface area contributed by atoms with Gasteiger partial charge in [0, 0.05) is 24.4 Å². The van der Waals surface area contributed by atoms with Crippen LogP contribution in [0, 0.1) is 0 Å². The molecule has 2 unspecified atom stereocenters. The zero-order chi connectivity index (χ0) is 13.2. The first kappa shape index (κ1) is 12.4. The third-order valence-corrected chi connectivity index (χ3v) is 3.77. The second-order valence-corrected chi connectivity index (χ2v) is 5.06. The van der Waals surface area contributed by atoms with Crippen molar-refractivity contribution in [2.45, 2.75) is 18.9 Å². The first-order valence-corrected chi connectivity index (χ1v) is 6.73. The van der Waals surface area contributed by atoms with E-state index in [0.717, 1.165) is 25.2 Å². The Kier molecular flexibility index (Phi) is 3.36. The van der Waals surface area contributed by atoms with Gasteiger partial charge in [0.25, 0.3) is 0 Å². The van der Waals surface area contributed by atoms with Crippen LogP contribution < -0.4 is 11.1 Å². The Bertz CT molecular complexity index is 579. The van der Waals surface area contributed by atoms with Crippen LogP contribution in [0.25, 0.3) is 10.9 Å². The van der Waals surface area contributed by atoms with E-state index in [2.05, 4.69) is 23.3 Å². The number of hydrogen-bond acceptors (Lipinski definition) is 4. The van der Waals surface area contributed by atoms with E-state index in [9.17, 15) is 0 Å². The fraction of sp³-hybridized carbons (Fsp3) is 0.400. The third kappa shape index (κ3) is 2.41. The summed E-state index contributed by atoms with van der Waals surface area (Å²) in [6.45, 7) is 4.78. The number of benzene rings is 1. The van der Waals surface area contributed by atoms with E-state index in [0.29, 0.717) is 11.7 Å². The summed E-state index contributed by atoms with van der Waals surface area (Å²) in [5.74, 6) is 0.868. The number of ether oxygens (including phenoxy) is 1. The van der Waals surface area contributed by atoms with Gasteiger partial charge in [0.05, 0.1) is 18.2 Å². The molecule has 1 aromatic carbocycles. The summed E-state index contributed by atoms with van der Waals surface area (Å²) in [6.07, 6.45) is 0.193. The maximum absolute atomic E-state index is 5.92. The second kappa shape index (κ2) is 5.15. The van der Waals surface area contributed by atoms with E-state index >= 15 is 0 Å². The summed E-state index contributed by atoms with van der Waals surface area (Å²) in [6, 6.07) is 10.1. The number of nitrogens with two attached hydrogens (primary N) is 1. The van der Waals surface area contributed by atoms with E-state index in [1.54, 1.807) is 0 Å². The number of hydrogen-bond donors (Lipinski definition) is 2. The number of nitrogens with zero attached hydrogens (tertiary/aromatic N) is 1. The molecule has 19 heavy (non-hydrogen) atoms. The van der Waals surface area contributed by atoms with E-state index in [1.165, 1.54) is 10.9 Å². The number of anilines is 1. The van der Waals surface area contributed by atoms with Crippen LogP contribution in [0.3, 0.4) is 0 Å². The maximum Gasteiger partial charge on any atom is 0.124 e. The molecule has 2 aromatic rings. The second-order valence-electron chi connectivity index (χ2n) is 5.06.